The van der Waals surface area contributed by atoms with Gasteiger partial charge < -0.3 is 0 Å². The predicted molar refractivity (Wildman–Crippen MR) is 61.7 cm³/mol. The van der Waals surface area contributed by atoms with E-state index in [9.17, 15) is 0 Å². The normalized spacial score (nSPS) is 11.5. The topological polar surface area (TPSA) is 0 Å². The molecule has 4 radical (unpaired) electrons. The quantitative estimate of drug-likeness (QED) is 0.379. The number of hydrogen-bond donors (Lipinski definition) is 0. The van der Waals surface area contributed by atoms with Gasteiger partial charge in [0.15, 0.2) is 0 Å². The molecule has 0 aliphatic rings. The van der Waals surface area contributed by atoms with Crippen molar-refractivity contribution in [3.8, 4) is 0 Å². The van der Waals surface area contributed by atoms with Gasteiger partial charge in [0.2, 0.25) is 0 Å². The fraction of sp³-hybridized carbons (Fsp3) is 1.00. The van der Waals surface area contributed by atoms with Crippen molar-refractivity contribution >= 4 is 65.4 Å². The van der Waals surface area contributed by atoms with Crippen molar-refractivity contribution in [2.75, 3.05) is 0 Å². The summed E-state index contributed by atoms with van der Waals surface area (Å²) in [6, 6.07) is 4.24. The van der Waals surface area contributed by atoms with E-state index in [2.05, 4.69) is 0 Å². The van der Waals surface area contributed by atoms with Gasteiger partial charge in [-0.25, -0.2) is 0 Å². The van der Waals surface area contributed by atoms with Crippen molar-refractivity contribution in [1.82, 2.24) is 0 Å². The Labute approximate surface area is 98.9 Å². The minimum Gasteiger partial charge on any atom is -0.106 e. The highest BCUT2D eigenvalue weighted by Crippen LogP contribution is 2.11. The molecule has 0 nitrogen and oxygen atoms in total. The van der Waals surface area contributed by atoms with Crippen molar-refractivity contribution in [2.45, 2.75) is 33.8 Å². The van der Waals surface area contributed by atoms with Gasteiger partial charge in [0.25, 0.3) is 0 Å². The van der Waals surface area contributed by atoms with Crippen LogP contribution in [0, 0.1) is 0 Å². The van der Waals surface area contributed by atoms with Crippen LogP contribution < -0.4 is 0 Å². The van der Waals surface area contributed by atoms with Gasteiger partial charge in [0.1, 0.15) is 9.67 Å². The van der Waals surface area contributed by atoms with Crippen LogP contribution in [-0.2, 0) is 0 Å². The maximum Gasteiger partial charge on any atom is 0.105 e. The lowest BCUT2D eigenvalue weighted by atomic mass is 10.9. The average molecular weight is 280 g/mol. The van der Waals surface area contributed by atoms with Crippen LogP contribution in [0.1, 0.15) is 0 Å². The molecule has 70 valence electrons. The molecular weight excluding hydrogens is 270 g/mol. The average Bonchev–Trinajstić information content (AvgIpc) is 1.95. The van der Waals surface area contributed by atoms with Crippen LogP contribution in [0.3, 0.4) is 0 Å². The monoisotopic (exact) mass is 278 g/mol. The summed E-state index contributed by atoms with van der Waals surface area (Å²) in [5.41, 5.74) is 0. The molecule has 0 N–H and O–H groups in total. The molecule has 0 aromatic carbocycles. The highest BCUT2D eigenvalue weighted by Gasteiger charge is 2.01. The first-order chi connectivity index (χ1) is 5.63. The fourth-order valence-corrected chi connectivity index (χ4v) is 4.17. The summed E-state index contributed by atoms with van der Waals surface area (Å²) in [5.74, 6) is 0. The first kappa shape index (κ1) is 13.6. The van der Waals surface area contributed by atoms with Crippen molar-refractivity contribution in [1.29, 1.82) is 0 Å². The Morgan fingerprint density at radius 2 is 1.08 bits per heavy atom. The van der Waals surface area contributed by atoms with Crippen molar-refractivity contribution in [2.24, 2.45) is 0 Å². The smallest absolute Gasteiger partial charge is 0.105 e. The zero-order chi connectivity index (χ0) is 9.40. The summed E-state index contributed by atoms with van der Waals surface area (Å²) >= 11 is 22.3. The Bertz CT molecular complexity index is 87.5. The van der Waals surface area contributed by atoms with Gasteiger partial charge in [-0.1, -0.05) is 12.1 Å². The lowest BCUT2D eigenvalue weighted by molar-refractivity contribution is 1.26. The van der Waals surface area contributed by atoms with Crippen LogP contribution in [0.4, 0.5) is 0 Å². The molecule has 0 aliphatic carbocycles. The van der Waals surface area contributed by atoms with Gasteiger partial charge >= 0.3 is 0 Å². The summed E-state index contributed by atoms with van der Waals surface area (Å²) < 4.78 is 0. The molecule has 0 atom stereocenters. The second-order valence-corrected chi connectivity index (χ2v) is 7.56. The third kappa shape index (κ3) is 11.6. The minimum absolute atomic E-state index is 0.194. The van der Waals surface area contributed by atoms with E-state index in [-0.39, 0.29) is 9.67 Å². The molecule has 6 heteroatoms. The summed E-state index contributed by atoms with van der Waals surface area (Å²) in [4.78, 5) is -0.388. The molecule has 0 bridgehead atoms. The Hall–Kier alpha value is 1.59. The Morgan fingerprint density at radius 3 is 1.33 bits per heavy atom. The maximum absolute atomic E-state index is 5.57. The molecule has 0 saturated heterocycles. The second-order valence-electron chi connectivity index (χ2n) is 2.19. The number of rotatable bonds is 7. The van der Waals surface area contributed by atoms with Crippen LogP contribution in [0.25, 0.3) is 0 Å². The molecule has 12 heavy (non-hydrogen) atoms. The molecule has 0 heterocycles. The Balaban J connectivity index is 2.91. The van der Waals surface area contributed by atoms with Gasteiger partial charge in [0.05, 0.1) is 0 Å². The zero-order valence-electron chi connectivity index (χ0n) is 6.49. The van der Waals surface area contributed by atoms with Gasteiger partial charge in [-0.05, 0) is 12.1 Å². The highest BCUT2D eigenvalue weighted by molar-refractivity contribution is 6.52. The molecule has 0 rings (SSSR count). The van der Waals surface area contributed by atoms with E-state index >= 15 is 0 Å². The van der Waals surface area contributed by atoms with Gasteiger partial charge in [-0.15, -0.1) is 46.4 Å². The summed E-state index contributed by atoms with van der Waals surface area (Å²) in [7, 11) is 1.75. The van der Waals surface area contributed by atoms with E-state index in [0.29, 0.717) is 0 Å². The Morgan fingerprint density at radius 1 is 0.750 bits per heavy atom. The molecule has 0 fully saturated rings. The highest BCUT2D eigenvalue weighted by atomic mass is 35.5. The zero-order valence-corrected chi connectivity index (χ0v) is 11.5. The largest absolute Gasteiger partial charge is 0.106 e. The van der Waals surface area contributed by atoms with Crippen LogP contribution in [0.5, 0.6) is 0 Å². The molecular formula is C6H10Cl4Si2. The molecule has 0 aromatic heterocycles. The molecule has 0 spiro atoms. The van der Waals surface area contributed by atoms with E-state index in [1.54, 1.807) is 0 Å². The molecule has 0 aliphatic heterocycles. The van der Waals surface area contributed by atoms with E-state index < -0.39 is 0 Å². The molecule has 0 aromatic rings. The van der Waals surface area contributed by atoms with E-state index in [1.807, 2.05) is 0 Å². The predicted octanol–water partition coefficient (Wildman–Crippen LogP) is 3.68. The van der Waals surface area contributed by atoms with Crippen molar-refractivity contribution in [3.05, 3.63) is 0 Å². The standard InChI is InChI=1S/C6H10Cl4Si2/c7-5(8)3-11-1-2-12-4-6(9)10/h5-6H,1-4H2. The fourth-order valence-electron chi connectivity index (χ4n) is 0.599. The van der Waals surface area contributed by atoms with Gasteiger partial charge in [-0.3, -0.25) is 0 Å². The van der Waals surface area contributed by atoms with Crippen molar-refractivity contribution < 1.29 is 0 Å². The van der Waals surface area contributed by atoms with E-state index in [4.69, 9.17) is 46.4 Å². The van der Waals surface area contributed by atoms with Crippen LogP contribution in [-0.4, -0.2) is 28.7 Å². The lowest BCUT2D eigenvalue weighted by Crippen LogP contribution is -2.00. The number of alkyl halides is 4. The SMILES string of the molecule is ClC(Cl)C[Si]CC[Si]CC(Cl)Cl. The lowest BCUT2D eigenvalue weighted by Gasteiger charge is -2.00. The maximum atomic E-state index is 5.57. The molecule has 0 unspecified atom stereocenters. The third-order valence-corrected chi connectivity index (χ3v) is 5.83. The molecule has 0 amide bonds. The van der Waals surface area contributed by atoms with Gasteiger partial charge in [-0.2, -0.15) is 0 Å². The Kier molecular flexibility index (Phi) is 10.4. The summed E-state index contributed by atoms with van der Waals surface area (Å²) in [6.45, 7) is 0. The van der Waals surface area contributed by atoms with E-state index in [1.165, 1.54) is 12.1 Å². The summed E-state index contributed by atoms with van der Waals surface area (Å²) in [5, 5.41) is 0. The third-order valence-electron chi connectivity index (χ3n) is 1.08. The first-order valence-electron chi connectivity index (χ1n) is 3.60. The van der Waals surface area contributed by atoms with E-state index in [0.717, 1.165) is 31.1 Å². The minimum atomic E-state index is -0.194. The van der Waals surface area contributed by atoms with Crippen LogP contribution in [0.2, 0.25) is 24.2 Å². The number of halogens is 4. The summed E-state index contributed by atoms with van der Waals surface area (Å²) in [6.07, 6.45) is 0. The van der Waals surface area contributed by atoms with Crippen molar-refractivity contribution in [3.63, 3.8) is 0 Å². The first-order valence-corrected chi connectivity index (χ1v) is 8.18. The molecule has 0 saturated carbocycles. The van der Waals surface area contributed by atoms with Crippen LogP contribution in [0.15, 0.2) is 0 Å². The van der Waals surface area contributed by atoms with Crippen LogP contribution >= 0.6 is 46.4 Å². The second kappa shape index (κ2) is 9.16. The number of hydrogen-bond acceptors (Lipinski definition) is 0. The van der Waals surface area contributed by atoms with Gasteiger partial charge in [0, 0.05) is 19.0 Å².